The molecule has 0 bridgehead atoms. The lowest BCUT2D eigenvalue weighted by molar-refractivity contribution is -0.0272. The standard InChI is InChI=1S/C18H21BrN2O4/c19-17-7-6-15(25-17)10-20-11-16-12-21(8-9-23-16)18(22)24-13-14-4-2-1-3-5-14/h1-7,16,20H,8-13H2. The van der Waals surface area contributed by atoms with Gasteiger partial charge in [0.05, 0.1) is 25.8 Å². The van der Waals surface area contributed by atoms with Gasteiger partial charge in [-0.05, 0) is 33.6 Å². The van der Waals surface area contributed by atoms with Crippen molar-refractivity contribution in [3.8, 4) is 0 Å². The number of carbonyl (C=O) groups is 1. The zero-order chi connectivity index (χ0) is 17.5. The summed E-state index contributed by atoms with van der Waals surface area (Å²) in [6.07, 6.45) is -0.358. The highest BCUT2D eigenvalue weighted by Gasteiger charge is 2.25. The SMILES string of the molecule is O=C(OCc1ccccc1)N1CCOC(CNCc2ccc(Br)o2)C1. The van der Waals surface area contributed by atoms with Crippen molar-refractivity contribution in [3.05, 3.63) is 58.5 Å². The summed E-state index contributed by atoms with van der Waals surface area (Å²) in [5.41, 5.74) is 0.979. The predicted molar refractivity (Wildman–Crippen MR) is 96.1 cm³/mol. The lowest BCUT2D eigenvalue weighted by Gasteiger charge is -2.32. The number of benzene rings is 1. The van der Waals surface area contributed by atoms with Crippen molar-refractivity contribution in [3.63, 3.8) is 0 Å². The summed E-state index contributed by atoms with van der Waals surface area (Å²) in [6, 6.07) is 13.4. The Balaban J connectivity index is 1.40. The molecule has 1 aliphatic rings. The summed E-state index contributed by atoms with van der Waals surface area (Å²) in [6.45, 7) is 3.12. The van der Waals surface area contributed by atoms with Crippen LogP contribution in [-0.4, -0.2) is 43.3 Å². The smallest absolute Gasteiger partial charge is 0.410 e. The second-order valence-electron chi connectivity index (χ2n) is 5.82. The van der Waals surface area contributed by atoms with E-state index in [4.69, 9.17) is 13.9 Å². The van der Waals surface area contributed by atoms with Crippen LogP contribution in [0.15, 0.2) is 51.6 Å². The van der Waals surface area contributed by atoms with Crippen molar-refractivity contribution in [2.45, 2.75) is 19.3 Å². The summed E-state index contributed by atoms with van der Waals surface area (Å²) in [5.74, 6) is 0.849. The molecule has 2 aromatic rings. The minimum atomic E-state index is -0.299. The average molecular weight is 409 g/mol. The molecule has 6 nitrogen and oxygen atoms in total. The third-order valence-electron chi connectivity index (χ3n) is 3.90. The van der Waals surface area contributed by atoms with Crippen molar-refractivity contribution in [1.29, 1.82) is 0 Å². The molecule has 0 saturated carbocycles. The maximum atomic E-state index is 12.2. The van der Waals surface area contributed by atoms with Crippen LogP contribution in [0.4, 0.5) is 4.79 Å². The van der Waals surface area contributed by atoms with Crippen molar-refractivity contribution in [1.82, 2.24) is 10.2 Å². The van der Waals surface area contributed by atoms with E-state index in [9.17, 15) is 4.79 Å². The van der Waals surface area contributed by atoms with Gasteiger partial charge in [-0.3, -0.25) is 0 Å². The minimum Gasteiger partial charge on any atom is -0.453 e. The molecule has 1 amide bonds. The molecule has 1 aromatic carbocycles. The molecule has 1 N–H and O–H groups in total. The Morgan fingerprint density at radius 2 is 2.12 bits per heavy atom. The number of hydrogen-bond acceptors (Lipinski definition) is 5. The molecule has 1 saturated heterocycles. The van der Waals surface area contributed by atoms with Gasteiger partial charge in [0, 0.05) is 13.1 Å². The highest BCUT2D eigenvalue weighted by Crippen LogP contribution is 2.14. The Morgan fingerprint density at radius 1 is 1.28 bits per heavy atom. The molecule has 1 atom stereocenters. The molecule has 1 aromatic heterocycles. The fraction of sp³-hybridized carbons (Fsp3) is 0.389. The predicted octanol–water partition coefficient (Wildman–Crippen LogP) is 3.17. The van der Waals surface area contributed by atoms with Crippen LogP contribution in [0, 0.1) is 0 Å². The molecular formula is C18H21BrN2O4. The van der Waals surface area contributed by atoms with Crippen LogP contribution in [-0.2, 0) is 22.6 Å². The van der Waals surface area contributed by atoms with Crippen LogP contribution in [0.25, 0.3) is 0 Å². The summed E-state index contributed by atoms with van der Waals surface area (Å²) in [5, 5.41) is 3.28. The van der Waals surface area contributed by atoms with Crippen LogP contribution in [0.5, 0.6) is 0 Å². The van der Waals surface area contributed by atoms with Crippen molar-refractivity contribution in [2.24, 2.45) is 0 Å². The first-order valence-electron chi connectivity index (χ1n) is 8.23. The van der Waals surface area contributed by atoms with Crippen molar-refractivity contribution >= 4 is 22.0 Å². The van der Waals surface area contributed by atoms with E-state index in [1.165, 1.54) is 0 Å². The number of amides is 1. The Bertz CT molecular complexity index is 677. The van der Waals surface area contributed by atoms with E-state index in [0.717, 1.165) is 11.3 Å². The molecule has 1 unspecified atom stereocenters. The molecule has 134 valence electrons. The summed E-state index contributed by atoms with van der Waals surface area (Å²) in [7, 11) is 0. The molecule has 0 aliphatic carbocycles. The number of furan rings is 1. The highest BCUT2D eigenvalue weighted by atomic mass is 79.9. The van der Waals surface area contributed by atoms with E-state index in [0.29, 0.717) is 37.5 Å². The lowest BCUT2D eigenvalue weighted by atomic mass is 10.2. The summed E-state index contributed by atoms with van der Waals surface area (Å²) < 4.78 is 17.2. The summed E-state index contributed by atoms with van der Waals surface area (Å²) >= 11 is 3.28. The number of morpholine rings is 1. The molecule has 3 rings (SSSR count). The first-order chi connectivity index (χ1) is 12.2. The zero-order valence-corrected chi connectivity index (χ0v) is 15.4. The van der Waals surface area contributed by atoms with Gasteiger partial charge in [-0.1, -0.05) is 30.3 Å². The van der Waals surface area contributed by atoms with Crippen LogP contribution in [0.2, 0.25) is 0 Å². The Labute approximate surface area is 155 Å². The first kappa shape index (κ1) is 18.0. The highest BCUT2D eigenvalue weighted by molar-refractivity contribution is 9.10. The van der Waals surface area contributed by atoms with Crippen molar-refractivity contribution < 1.29 is 18.7 Å². The fourth-order valence-corrected chi connectivity index (χ4v) is 2.96. The Kier molecular flexibility index (Phi) is 6.49. The second-order valence-corrected chi connectivity index (χ2v) is 6.60. The maximum Gasteiger partial charge on any atom is 0.410 e. The quantitative estimate of drug-likeness (QED) is 0.794. The minimum absolute atomic E-state index is 0.0589. The first-order valence-corrected chi connectivity index (χ1v) is 9.02. The molecule has 0 radical (unpaired) electrons. The maximum absolute atomic E-state index is 12.2. The van der Waals surface area contributed by atoms with Gasteiger partial charge in [-0.15, -0.1) is 0 Å². The third-order valence-corrected chi connectivity index (χ3v) is 4.33. The van der Waals surface area contributed by atoms with Crippen LogP contribution < -0.4 is 5.32 Å². The Morgan fingerprint density at radius 3 is 2.88 bits per heavy atom. The zero-order valence-electron chi connectivity index (χ0n) is 13.8. The number of carbonyl (C=O) groups excluding carboxylic acids is 1. The van der Waals surface area contributed by atoms with Gasteiger partial charge in [-0.25, -0.2) is 4.79 Å². The van der Waals surface area contributed by atoms with E-state index in [2.05, 4.69) is 21.2 Å². The summed E-state index contributed by atoms with van der Waals surface area (Å²) in [4.78, 5) is 13.9. The van der Waals surface area contributed by atoms with Gasteiger partial charge in [0.25, 0.3) is 0 Å². The van der Waals surface area contributed by atoms with E-state index < -0.39 is 0 Å². The van der Waals surface area contributed by atoms with Crippen LogP contribution in [0.1, 0.15) is 11.3 Å². The topological polar surface area (TPSA) is 63.9 Å². The van der Waals surface area contributed by atoms with E-state index in [-0.39, 0.29) is 18.8 Å². The van der Waals surface area contributed by atoms with Crippen molar-refractivity contribution in [2.75, 3.05) is 26.2 Å². The van der Waals surface area contributed by atoms with Gasteiger partial charge in [0.15, 0.2) is 4.67 Å². The molecule has 2 heterocycles. The van der Waals surface area contributed by atoms with Crippen LogP contribution >= 0.6 is 15.9 Å². The Hall–Kier alpha value is -1.83. The number of nitrogens with one attached hydrogen (secondary N) is 1. The van der Waals surface area contributed by atoms with Gasteiger partial charge < -0.3 is 24.1 Å². The molecule has 1 fully saturated rings. The van der Waals surface area contributed by atoms with E-state index >= 15 is 0 Å². The van der Waals surface area contributed by atoms with Gasteiger partial charge in [0.1, 0.15) is 12.4 Å². The molecule has 25 heavy (non-hydrogen) atoms. The number of nitrogens with zero attached hydrogens (tertiary/aromatic N) is 1. The van der Waals surface area contributed by atoms with Gasteiger partial charge >= 0.3 is 6.09 Å². The van der Waals surface area contributed by atoms with Gasteiger partial charge in [-0.2, -0.15) is 0 Å². The molecular weight excluding hydrogens is 388 g/mol. The third kappa shape index (κ3) is 5.59. The molecule has 7 heteroatoms. The number of ether oxygens (including phenoxy) is 2. The molecule has 0 spiro atoms. The van der Waals surface area contributed by atoms with E-state index in [1.807, 2.05) is 42.5 Å². The van der Waals surface area contributed by atoms with Gasteiger partial charge in [0.2, 0.25) is 0 Å². The normalized spacial score (nSPS) is 17.5. The molecule has 1 aliphatic heterocycles. The average Bonchev–Trinajstić information content (AvgIpc) is 3.06. The van der Waals surface area contributed by atoms with E-state index in [1.54, 1.807) is 4.90 Å². The second kappa shape index (κ2) is 9.03. The largest absolute Gasteiger partial charge is 0.453 e. The monoisotopic (exact) mass is 408 g/mol. The number of halogens is 1. The number of hydrogen-bond donors (Lipinski definition) is 1. The lowest BCUT2D eigenvalue weighted by Crippen LogP contribution is -2.49. The number of rotatable bonds is 6. The van der Waals surface area contributed by atoms with Crippen LogP contribution in [0.3, 0.4) is 0 Å². The fourth-order valence-electron chi connectivity index (χ4n) is 2.62.